The molecule has 140 valence electrons. The van der Waals surface area contributed by atoms with E-state index in [0.29, 0.717) is 24.2 Å². The zero-order valence-corrected chi connectivity index (χ0v) is 16.0. The second-order valence-corrected chi connectivity index (χ2v) is 7.36. The molecule has 0 bridgehead atoms. The Balaban J connectivity index is 1.94. The van der Waals surface area contributed by atoms with E-state index in [1.54, 1.807) is 12.1 Å². The number of fused-ring (bicyclic) bond motifs is 1. The lowest BCUT2D eigenvalue weighted by atomic mass is 9.87. The third-order valence-corrected chi connectivity index (χ3v) is 4.71. The van der Waals surface area contributed by atoms with E-state index in [2.05, 4.69) is 18.0 Å². The highest BCUT2D eigenvalue weighted by molar-refractivity contribution is 5.97. The molecule has 0 unspecified atom stereocenters. The molecule has 0 saturated heterocycles. The van der Waals surface area contributed by atoms with Crippen LogP contribution in [0.3, 0.4) is 0 Å². The van der Waals surface area contributed by atoms with Gasteiger partial charge in [-0.15, -0.1) is 0 Å². The first kappa shape index (κ1) is 19.1. The summed E-state index contributed by atoms with van der Waals surface area (Å²) >= 11 is 0. The maximum Gasteiger partial charge on any atom is 0.232 e. The molecule has 0 amide bonds. The SMILES string of the molecule is CCCc1nc(OCC(=O)c2ccccc2)c(C#N)c2c1COC(C)(C)C2. The first-order valence-electron chi connectivity index (χ1n) is 9.25. The van der Waals surface area contributed by atoms with E-state index in [1.807, 2.05) is 32.0 Å². The predicted molar refractivity (Wildman–Crippen MR) is 102 cm³/mol. The van der Waals surface area contributed by atoms with Crippen molar-refractivity contribution in [1.29, 1.82) is 5.26 Å². The van der Waals surface area contributed by atoms with Crippen LogP contribution in [-0.2, 0) is 24.2 Å². The number of Topliss-reactive ketones (excluding diaryl/α,β-unsaturated/α-hetero) is 1. The van der Waals surface area contributed by atoms with Crippen LogP contribution in [0, 0.1) is 11.3 Å². The van der Waals surface area contributed by atoms with Gasteiger partial charge >= 0.3 is 0 Å². The number of nitriles is 1. The highest BCUT2D eigenvalue weighted by Gasteiger charge is 2.32. The second kappa shape index (κ2) is 7.89. The summed E-state index contributed by atoms with van der Waals surface area (Å²) in [5, 5.41) is 9.75. The van der Waals surface area contributed by atoms with Crippen LogP contribution in [0.15, 0.2) is 30.3 Å². The number of aromatic nitrogens is 1. The van der Waals surface area contributed by atoms with Gasteiger partial charge < -0.3 is 9.47 Å². The first-order chi connectivity index (χ1) is 12.9. The molecule has 3 rings (SSSR count). The third kappa shape index (κ3) is 4.17. The molecule has 0 saturated carbocycles. The largest absolute Gasteiger partial charge is 0.468 e. The summed E-state index contributed by atoms with van der Waals surface area (Å²) in [7, 11) is 0. The van der Waals surface area contributed by atoms with Crippen molar-refractivity contribution in [2.75, 3.05) is 6.61 Å². The maximum absolute atomic E-state index is 12.4. The molecule has 2 heterocycles. The molecule has 1 aliphatic rings. The molecule has 27 heavy (non-hydrogen) atoms. The van der Waals surface area contributed by atoms with Gasteiger partial charge in [0.2, 0.25) is 5.88 Å². The summed E-state index contributed by atoms with van der Waals surface area (Å²) in [5.74, 6) is 0.112. The van der Waals surface area contributed by atoms with Crippen molar-refractivity contribution in [3.8, 4) is 11.9 Å². The number of carbonyl (C=O) groups excluding carboxylic acids is 1. The van der Waals surface area contributed by atoms with Gasteiger partial charge in [0.15, 0.2) is 12.4 Å². The molecule has 0 radical (unpaired) electrons. The minimum absolute atomic E-state index is 0.139. The van der Waals surface area contributed by atoms with Crippen LogP contribution in [0.1, 0.15) is 59.9 Å². The van der Waals surface area contributed by atoms with Crippen LogP contribution < -0.4 is 4.74 Å². The number of hydrogen-bond acceptors (Lipinski definition) is 5. The van der Waals surface area contributed by atoms with E-state index in [-0.39, 0.29) is 23.9 Å². The van der Waals surface area contributed by atoms with Crippen molar-refractivity contribution in [3.63, 3.8) is 0 Å². The van der Waals surface area contributed by atoms with Gasteiger partial charge in [-0.05, 0) is 25.8 Å². The van der Waals surface area contributed by atoms with Gasteiger partial charge in [0.25, 0.3) is 0 Å². The van der Waals surface area contributed by atoms with Crippen molar-refractivity contribution in [2.45, 2.75) is 52.2 Å². The zero-order chi connectivity index (χ0) is 19.4. The van der Waals surface area contributed by atoms with Gasteiger partial charge in [-0.25, -0.2) is 4.98 Å². The van der Waals surface area contributed by atoms with E-state index in [1.165, 1.54) is 0 Å². The van der Waals surface area contributed by atoms with Gasteiger partial charge in [-0.2, -0.15) is 5.26 Å². The molecule has 0 spiro atoms. The lowest BCUT2D eigenvalue weighted by Gasteiger charge is -2.33. The molecule has 0 atom stereocenters. The number of hydrogen-bond donors (Lipinski definition) is 0. The first-order valence-corrected chi connectivity index (χ1v) is 9.25. The van der Waals surface area contributed by atoms with Crippen molar-refractivity contribution < 1.29 is 14.3 Å². The van der Waals surface area contributed by atoms with Crippen LogP contribution in [0.2, 0.25) is 0 Å². The van der Waals surface area contributed by atoms with E-state index < -0.39 is 0 Å². The fourth-order valence-electron chi connectivity index (χ4n) is 3.31. The topological polar surface area (TPSA) is 72.2 Å². The molecule has 0 aliphatic carbocycles. The average Bonchev–Trinajstić information content (AvgIpc) is 2.66. The number of rotatable bonds is 6. The van der Waals surface area contributed by atoms with Crippen LogP contribution in [0.5, 0.6) is 5.88 Å². The fourth-order valence-corrected chi connectivity index (χ4v) is 3.31. The molecular weight excluding hydrogens is 340 g/mol. The Labute approximate surface area is 159 Å². The van der Waals surface area contributed by atoms with Crippen LogP contribution in [0.25, 0.3) is 0 Å². The monoisotopic (exact) mass is 364 g/mol. The second-order valence-electron chi connectivity index (χ2n) is 7.36. The number of nitrogens with zero attached hydrogens (tertiary/aromatic N) is 2. The van der Waals surface area contributed by atoms with Gasteiger partial charge in [0.1, 0.15) is 11.6 Å². The van der Waals surface area contributed by atoms with Crippen molar-refractivity contribution >= 4 is 5.78 Å². The minimum atomic E-state index is -0.347. The number of ketones is 1. The Morgan fingerprint density at radius 3 is 2.70 bits per heavy atom. The van der Waals surface area contributed by atoms with Crippen molar-refractivity contribution in [3.05, 3.63) is 58.3 Å². The summed E-state index contributed by atoms with van der Waals surface area (Å²) < 4.78 is 11.7. The number of aryl methyl sites for hydroxylation is 1. The minimum Gasteiger partial charge on any atom is -0.468 e. The summed E-state index contributed by atoms with van der Waals surface area (Å²) in [5.41, 5.74) is 3.48. The summed E-state index contributed by atoms with van der Waals surface area (Å²) in [6, 6.07) is 11.2. The molecule has 1 aliphatic heterocycles. The number of carbonyl (C=O) groups is 1. The Morgan fingerprint density at radius 1 is 1.30 bits per heavy atom. The summed E-state index contributed by atoms with van der Waals surface area (Å²) in [6.45, 7) is 6.41. The highest BCUT2D eigenvalue weighted by atomic mass is 16.5. The number of benzene rings is 1. The highest BCUT2D eigenvalue weighted by Crippen LogP contribution is 2.35. The quantitative estimate of drug-likeness (QED) is 0.724. The van der Waals surface area contributed by atoms with Gasteiger partial charge in [0, 0.05) is 17.5 Å². The lowest BCUT2D eigenvalue weighted by molar-refractivity contribution is -0.0408. The molecular formula is C22H24N2O3. The molecule has 2 aromatic rings. The molecule has 1 aromatic heterocycles. The number of pyridine rings is 1. The molecule has 5 heteroatoms. The van der Waals surface area contributed by atoms with Gasteiger partial charge in [-0.1, -0.05) is 43.7 Å². The third-order valence-electron chi connectivity index (χ3n) is 4.71. The van der Waals surface area contributed by atoms with Crippen LogP contribution in [0.4, 0.5) is 0 Å². The van der Waals surface area contributed by atoms with E-state index in [4.69, 9.17) is 9.47 Å². The predicted octanol–water partition coefficient (Wildman–Crippen LogP) is 4.02. The summed E-state index contributed by atoms with van der Waals surface area (Å²) in [6.07, 6.45) is 2.32. The van der Waals surface area contributed by atoms with Crippen LogP contribution >= 0.6 is 0 Å². The van der Waals surface area contributed by atoms with E-state index >= 15 is 0 Å². The smallest absolute Gasteiger partial charge is 0.232 e. The lowest BCUT2D eigenvalue weighted by Crippen LogP contribution is -2.33. The van der Waals surface area contributed by atoms with E-state index in [0.717, 1.165) is 29.7 Å². The Bertz CT molecular complexity index is 883. The zero-order valence-electron chi connectivity index (χ0n) is 16.0. The van der Waals surface area contributed by atoms with Crippen molar-refractivity contribution in [2.24, 2.45) is 0 Å². The standard InChI is InChI=1S/C22H24N2O3/c1-4-8-19-18-13-27-22(2,3)11-16(18)17(12-23)21(24-19)26-14-20(25)15-9-6-5-7-10-15/h5-7,9-10H,4,8,11,13-14H2,1-3H3. The van der Waals surface area contributed by atoms with Gasteiger partial charge in [-0.3, -0.25) is 4.79 Å². The fraction of sp³-hybridized carbons (Fsp3) is 0.409. The summed E-state index contributed by atoms with van der Waals surface area (Å²) in [4.78, 5) is 16.9. The Kier molecular flexibility index (Phi) is 5.57. The normalized spacial score (nSPS) is 14.9. The maximum atomic E-state index is 12.4. The number of ether oxygens (including phenoxy) is 2. The van der Waals surface area contributed by atoms with E-state index in [9.17, 15) is 10.1 Å². The average molecular weight is 364 g/mol. The molecule has 1 aromatic carbocycles. The Morgan fingerprint density at radius 2 is 2.04 bits per heavy atom. The molecule has 0 N–H and O–H groups in total. The Hall–Kier alpha value is -2.71. The van der Waals surface area contributed by atoms with Crippen LogP contribution in [-0.4, -0.2) is 23.0 Å². The molecule has 5 nitrogen and oxygen atoms in total. The molecule has 0 fully saturated rings. The van der Waals surface area contributed by atoms with Gasteiger partial charge in [0.05, 0.1) is 17.9 Å². The van der Waals surface area contributed by atoms with Crippen molar-refractivity contribution in [1.82, 2.24) is 4.98 Å².